The Balaban J connectivity index is 1.93. The number of oxime groups is 1. The van der Waals surface area contributed by atoms with E-state index >= 15 is 0 Å². The highest BCUT2D eigenvalue weighted by atomic mass is 16.6. The molecule has 5 nitrogen and oxygen atoms in total. The second-order valence-corrected chi connectivity index (χ2v) is 5.35. The molecular formula is C19H18N4O. The first-order chi connectivity index (χ1) is 11.7. The summed E-state index contributed by atoms with van der Waals surface area (Å²) in [6, 6.07) is 15.5. The van der Waals surface area contributed by atoms with E-state index in [4.69, 9.17) is 4.84 Å². The molecule has 3 aromatic rings. The lowest BCUT2D eigenvalue weighted by Crippen LogP contribution is -2.11. The first-order valence-electron chi connectivity index (χ1n) is 7.70. The Labute approximate surface area is 141 Å². The molecule has 0 spiro atoms. The minimum absolute atomic E-state index is 0.301. The Hall–Kier alpha value is -3.08. The largest absolute Gasteiger partial charge is 0.389 e. The van der Waals surface area contributed by atoms with Gasteiger partial charge in [0.15, 0.2) is 6.61 Å². The molecule has 2 heterocycles. The van der Waals surface area contributed by atoms with Gasteiger partial charge in [-0.05, 0) is 26.0 Å². The van der Waals surface area contributed by atoms with Crippen molar-refractivity contribution in [2.75, 3.05) is 0 Å². The SMILES string of the molecule is Cc1cnc(C)c(C(=NOCc2ccccn2)c2ccccc2)n1. The van der Waals surface area contributed by atoms with Gasteiger partial charge in [-0.3, -0.25) is 9.97 Å². The van der Waals surface area contributed by atoms with Crippen LogP contribution in [0, 0.1) is 13.8 Å². The second-order valence-electron chi connectivity index (χ2n) is 5.35. The van der Waals surface area contributed by atoms with Crippen LogP contribution in [0.3, 0.4) is 0 Å². The van der Waals surface area contributed by atoms with E-state index < -0.39 is 0 Å². The average molecular weight is 318 g/mol. The first kappa shape index (κ1) is 15.8. The molecule has 5 heteroatoms. The van der Waals surface area contributed by atoms with E-state index in [0.717, 1.165) is 28.3 Å². The quantitative estimate of drug-likeness (QED) is 0.534. The molecule has 0 saturated heterocycles. The highest BCUT2D eigenvalue weighted by molar-refractivity contribution is 6.11. The van der Waals surface area contributed by atoms with Crippen LogP contribution in [-0.2, 0) is 11.4 Å². The zero-order valence-corrected chi connectivity index (χ0v) is 13.7. The molecule has 0 bridgehead atoms. The van der Waals surface area contributed by atoms with Crippen molar-refractivity contribution in [1.29, 1.82) is 0 Å². The molecule has 0 aliphatic carbocycles. The molecule has 0 atom stereocenters. The van der Waals surface area contributed by atoms with Gasteiger partial charge >= 0.3 is 0 Å². The van der Waals surface area contributed by atoms with E-state index in [1.165, 1.54) is 0 Å². The average Bonchev–Trinajstić information content (AvgIpc) is 2.63. The lowest BCUT2D eigenvalue weighted by Gasteiger charge is -2.09. The highest BCUT2D eigenvalue weighted by Gasteiger charge is 2.14. The Morgan fingerprint density at radius 3 is 2.54 bits per heavy atom. The monoisotopic (exact) mass is 318 g/mol. The smallest absolute Gasteiger partial charge is 0.159 e. The summed E-state index contributed by atoms with van der Waals surface area (Å²) in [5, 5.41) is 4.34. The van der Waals surface area contributed by atoms with E-state index in [-0.39, 0.29) is 0 Å². The molecule has 0 N–H and O–H groups in total. The topological polar surface area (TPSA) is 60.3 Å². The fourth-order valence-corrected chi connectivity index (χ4v) is 2.24. The Bertz CT molecular complexity index is 833. The summed E-state index contributed by atoms with van der Waals surface area (Å²) in [4.78, 5) is 18.7. The predicted molar refractivity (Wildman–Crippen MR) is 92.6 cm³/mol. The van der Waals surface area contributed by atoms with Crippen molar-refractivity contribution in [3.05, 3.63) is 89.3 Å². The molecule has 0 fully saturated rings. The van der Waals surface area contributed by atoms with Crippen LogP contribution in [0.4, 0.5) is 0 Å². The Kier molecular flexibility index (Phi) is 4.91. The molecule has 0 unspecified atom stereocenters. The number of rotatable bonds is 5. The van der Waals surface area contributed by atoms with E-state index in [0.29, 0.717) is 12.3 Å². The summed E-state index contributed by atoms with van der Waals surface area (Å²) in [6.07, 6.45) is 3.48. The van der Waals surface area contributed by atoms with Crippen LogP contribution in [0.2, 0.25) is 0 Å². The van der Waals surface area contributed by atoms with Crippen LogP contribution < -0.4 is 0 Å². The van der Waals surface area contributed by atoms with E-state index in [1.54, 1.807) is 12.4 Å². The van der Waals surface area contributed by atoms with Crippen LogP contribution in [0.1, 0.15) is 28.3 Å². The molecule has 1 aromatic carbocycles. The number of pyridine rings is 1. The summed E-state index contributed by atoms with van der Waals surface area (Å²) in [5.74, 6) is 0. The predicted octanol–water partition coefficient (Wildman–Crippen LogP) is 3.46. The number of nitrogens with zero attached hydrogens (tertiary/aromatic N) is 4. The Morgan fingerprint density at radius 2 is 1.79 bits per heavy atom. The number of aryl methyl sites for hydroxylation is 2. The summed E-state index contributed by atoms with van der Waals surface area (Å²) in [6.45, 7) is 4.13. The van der Waals surface area contributed by atoms with Crippen molar-refractivity contribution >= 4 is 5.71 Å². The fourth-order valence-electron chi connectivity index (χ4n) is 2.24. The van der Waals surface area contributed by atoms with Crippen LogP contribution in [0.15, 0.2) is 66.1 Å². The van der Waals surface area contributed by atoms with Crippen molar-refractivity contribution in [3.8, 4) is 0 Å². The van der Waals surface area contributed by atoms with Crippen LogP contribution >= 0.6 is 0 Å². The molecule has 3 rings (SSSR count). The summed E-state index contributed by atoms with van der Waals surface area (Å²) >= 11 is 0. The number of hydrogen-bond acceptors (Lipinski definition) is 5. The molecule has 120 valence electrons. The van der Waals surface area contributed by atoms with Crippen molar-refractivity contribution in [2.45, 2.75) is 20.5 Å². The van der Waals surface area contributed by atoms with E-state index in [2.05, 4.69) is 20.1 Å². The third-order valence-corrected chi connectivity index (χ3v) is 3.44. The molecule has 0 radical (unpaired) electrons. The molecular weight excluding hydrogens is 300 g/mol. The second kappa shape index (κ2) is 7.46. The third-order valence-electron chi connectivity index (χ3n) is 3.44. The number of benzene rings is 1. The summed E-state index contributed by atoms with van der Waals surface area (Å²) < 4.78 is 0. The number of hydrogen-bond donors (Lipinski definition) is 0. The molecule has 0 aliphatic heterocycles. The van der Waals surface area contributed by atoms with Gasteiger partial charge in [0.1, 0.15) is 11.4 Å². The van der Waals surface area contributed by atoms with Gasteiger partial charge in [0.2, 0.25) is 0 Å². The minimum atomic E-state index is 0.301. The molecule has 0 aliphatic rings. The van der Waals surface area contributed by atoms with Gasteiger partial charge in [-0.25, -0.2) is 4.98 Å². The Morgan fingerprint density at radius 1 is 1.00 bits per heavy atom. The van der Waals surface area contributed by atoms with Gasteiger partial charge in [0.25, 0.3) is 0 Å². The van der Waals surface area contributed by atoms with Crippen molar-refractivity contribution in [3.63, 3.8) is 0 Å². The first-order valence-corrected chi connectivity index (χ1v) is 7.70. The van der Waals surface area contributed by atoms with Crippen LogP contribution in [0.25, 0.3) is 0 Å². The highest BCUT2D eigenvalue weighted by Crippen LogP contribution is 2.13. The fraction of sp³-hybridized carbons (Fsp3) is 0.158. The van der Waals surface area contributed by atoms with E-state index in [9.17, 15) is 0 Å². The normalized spacial score (nSPS) is 11.3. The zero-order valence-electron chi connectivity index (χ0n) is 13.7. The van der Waals surface area contributed by atoms with Crippen molar-refractivity contribution in [2.24, 2.45) is 5.16 Å². The van der Waals surface area contributed by atoms with Crippen molar-refractivity contribution < 1.29 is 4.84 Å². The standard InChI is InChI=1S/C19H18N4O/c1-14-12-21-15(2)18(22-14)19(16-8-4-3-5-9-16)23-24-13-17-10-6-7-11-20-17/h3-12H,13H2,1-2H3. The van der Waals surface area contributed by atoms with Crippen molar-refractivity contribution in [1.82, 2.24) is 15.0 Å². The minimum Gasteiger partial charge on any atom is -0.389 e. The maximum atomic E-state index is 5.54. The molecule has 0 saturated carbocycles. The molecule has 0 amide bonds. The lowest BCUT2D eigenvalue weighted by atomic mass is 10.1. The molecule has 2 aromatic heterocycles. The van der Waals surface area contributed by atoms with Gasteiger partial charge < -0.3 is 4.84 Å². The molecule has 24 heavy (non-hydrogen) atoms. The van der Waals surface area contributed by atoms with Crippen LogP contribution in [-0.4, -0.2) is 20.7 Å². The van der Waals surface area contributed by atoms with Gasteiger partial charge in [0.05, 0.1) is 17.1 Å². The van der Waals surface area contributed by atoms with Crippen LogP contribution in [0.5, 0.6) is 0 Å². The van der Waals surface area contributed by atoms with Gasteiger partial charge in [-0.1, -0.05) is 41.6 Å². The zero-order chi connectivity index (χ0) is 16.8. The maximum Gasteiger partial charge on any atom is 0.159 e. The lowest BCUT2D eigenvalue weighted by molar-refractivity contribution is 0.128. The van der Waals surface area contributed by atoms with Gasteiger partial charge in [-0.2, -0.15) is 0 Å². The van der Waals surface area contributed by atoms with E-state index in [1.807, 2.05) is 62.4 Å². The van der Waals surface area contributed by atoms with Gasteiger partial charge in [-0.15, -0.1) is 0 Å². The third kappa shape index (κ3) is 3.81. The van der Waals surface area contributed by atoms with Gasteiger partial charge in [0, 0.05) is 18.0 Å². The summed E-state index contributed by atoms with van der Waals surface area (Å²) in [7, 11) is 0. The summed E-state index contributed by atoms with van der Waals surface area (Å²) in [5.41, 5.74) is 4.79. The number of aromatic nitrogens is 3. The maximum absolute atomic E-state index is 5.54.